The van der Waals surface area contributed by atoms with E-state index >= 15 is 0 Å². The summed E-state index contributed by atoms with van der Waals surface area (Å²) < 4.78 is 1.91. The average molecular weight is 325 g/mol. The monoisotopic (exact) mass is 325 g/mol. The van der Waals surface area contributed by atoms with Gasteiger partial charge in [-0.05, 0) is 28.8 Å². The highest BCUT2D eigenvalue weighted by Gasteiger charge is 2.32. The van der Waals surface area contributed by atoms with E-state index in [4.69, 9.17) is 0 Å². The third-order valence-electron chi connectivity index (χ3n) is 5.13. The molecule has 0 amide bonds. The molecule has 0 unspecified atom stereocenters. The van der Waals surface area contributed by atoms with E-state index in [1.54, 1.807) is 30.5 Å². The summed E-state index contributed by atoms with van der Waals surface area (Å²) >= 11 is 0. The molecule has 0 fully saturated rings. The third-order valence-corrected chi connectivity index (χ3v) is 5.13. The maximum Gasteiger partial charge on any atom is 0.196 e. The summed E-state index contributed by atoms with van der Waals surface area (Å²) in [6, 6.07) is 15.3. The van der Waals surface area contributed by atoms with E-state index in [-0.39, 0.29) is 11.6 Å². The molecule has 2 aromatic heterocycles. The second-order valence-corrected chi connectivity index (χ2v) is 6.46. The van der Waals surface area contributed by atoms with Gasteiger partial charge in [0.25, 0.3) is 0 Å². The summed E-state index contributed by atoms with van der Waals surface area (Å²) in [5.41, 5.74) is 4.06. The van der Waals surface area contributed by atoms with E-state index in [1.807, 2.05) is 22.7 Å². The van der Waals surface area contributed by atoms with Crippen LogP contribution in [0.3, 0.4) is 0 Å². The Bertz CT molecular complexity index is 1210. The molecule has 0 saturated carbocycles. The second-order valence-electron chi connectivity index (χ2n) is 6.46. The van der Waals surface area contributed by atoms with Gasteiger partial charge in [0.15, 0.2) is 11.6 Å². The largest absolute Gasteiger partial charge is 0.322 e. The molecule has 3 heteroatoms. The minimum Gasteiger partial charge on any atom is -0.322 e. The lowest BCUT2D eigenvalue weighted by Crippen LogP contribution is -2.19. The standard InChI is InChI=1S/C22H15NO2/c1-2-13-6-5-7-14-11-23-12-18-20(19(23)10-17(13)14)22(25)16-9-4-3-8-15(16)21(18)24/h3-12H,2H2,1H3. The van der Waals surface area contributed by atoms with Crippen molar-refractivity contribution in [3.63, 3.8) is 0 Å². The van der Waals surface area contributed by atoms with Gasteiger partial charge in [0, 0.05) is 23.5 Å². The van der Waals surface area contributed by atoms with Crippen LogP contribution >= 0.6 is 0 Å². The third kappa shape index (κ3) is 1.81. The molecule has 0 N–H and O–H groups in total. The lowest BCUT2D eigenvalue weighted by Gasteiger charge is -2.14. The van der Waals surface area contributed by atoms with E-state index in [1.165, 1.54) is 5.56 Å². The molecular formula is C22H15NO2. The molecule has 5 rings (SSSR count). The number of hydrogen-bond acceptors (Lipinski definition) is 2. The Morgan fingerprint density at radius 3 is 2.36 bits per heavy atom. The van der Waals surface area contributed by atoms with E-state index < -0.39 is 0 Å². The van der Waals surface area contributed by atoms with E-state index in [9.17, 15) is 9.59 Å². The van der Waals surface area contributed by atoms with Crippen molar-refractivity contribution in [1.29, 1.82) is 0 Å². The first-order valence-electron chi connectivity index (χ1n) is 8.43. The van der Waals surface area contributed by atoms with Gasteiger partial charge in [0.05, 0.1) is 16.6 Å². The molecule has 3 nitrogen and oxygen atoms in total. The molecule has 0 radical (unpaired) electrons. The Labute approximate surface area is 144 Å². The number of nitrogens with zero attached hydrogens (tertiary/aromatic N) is 1. The quantitative estimate of drug-likeness (QED) is 0.457. The van der Waals surface area contributed by atoms with Crippen molar-refractivity contribution in [2.75, 3.05) is 0 Å². The first-order chi connectivity index (χ1) is 12.2. The second kappa shape index (κ2) is 4.90. The molecular weight excluding hydrogens is 310 g/mol. The van der Waals surface area contributed by atoms with Gasteiger partial charge in [0.2, 0.25) is 0 Å². The van der Waals surface area contributed by atoms with Gasteiger partial charge in [-0.2, -0.15) is 0 Å². The molecule has 120 valence electrons. The van der Waals surface area contributed by atoms with Crippen molar-refractivity contribution in [1.82, 2.24) is 4.40 Å². The number of aromatic nitrogens is 1. The summed E-state index contributed by atoms with van der Waals surface area (Å²) in [5, 5.41) is 2.24. The number of carbonyl (C=O) groups is 2. The first-order valence-corrected chi connectivity index (χ1v) is 8.43. The lowest BCUT2D eigenvalue weighted by atomic mass is 9.86. The van der Waals surface area contributed by atoms with Gasteiger partial charge < -0.3 is 4.40 Å². The average Bonchev–Trinajstić information content (AvgIpc) is 3.02. The Morgan fingerprint density at radius 1 is 0.840 bits per heavy atom. The van der Waals surface area contributed by atoms with Crippen molar-refractivity contribution in [3.05, 3.63) is 88.7 Å². The van der Waals surface area contributed by atoms with E-state index in [0.717, 1.165) is 22.7 Å². The maximum absolute atomic E-state index is 13.1. The Kier molecular flexibility index (Phi) is 2.78. The van der Waals surface area contributed by atoms with Crippen LogP contribution in [0.2, 0.25) is 0 Å². The van der Waals surface area contributed by atoms with Gasteiger partial charge in [-0.15, -0.1) is 0 Å². The SMILES string of the molecule is CCc1cccc2cn3cc4c(c3cc12)C(=O)c1ccccc1C4=O. The van der Waals surface area contributed by atoms with Crippen molar-refractivity contribution in [3.8, 4) is 0 Å². The number of rotatable bonds is 1. The lowest BCUT2D eigenvalue weighted by molar-refractivity contribution is 0.0981. The fourth-order valence-electron chi connectivity index (χ4n) is 3.88. The minimum atomic E-state index is -0.0753. The maximum atomic E-state index is 13.1. The fourth-order valence-corrected chi connectivity index (χ4v) is 3.88. The summed E-state index contributed by atoms with van der Waals surface area (Å²) in [7, 11) is 0. The van der Waals surface area contributed by atoms with Crippen LogP contribution in [0.1, 0.15) is 44.3 Å². The van der Waals surface area contributed by atoms with Crippen molar-refractivity contribution < 1.29 is 9.59 Å². The van der Waals surface area contributed by atoms with Crippen LogP contribution in [-0.4, -0.2) is 16.0 Å². The van der Waals surface area contributed by atoms with Crippen molar-refractivity contribution in [2.24, 2.45) is 0 Å². The highest BCUT2D eigenvalue weighted by molar-refractivity contribution is 6.31. The highest BCUT2D eigenvalue weighted by atomic mass is 16.1. The zero-order valence-corrected chi connectivity index (χ0v) is 13.7. The summed E-state index contributed by atoms with van der Waals surface area (Å²) in [6.07, 6.45) is 4.72. The van der Waals surface area contributed by atoms with Crippen LogP contribution in [0.5, 0.6) is 0 Å². The highest BCUT2D eigenvalue weighted by Crippen LogP contribution is 2.33. The van der Waals surface area contributed by atoms with Gasteiger partial charge in [-0.25, -0.2) is 0 Å². The summed E-state index contributed by atoms with van der Waals surface area (Å²) in [4.78, 5) is 25.9. The van der Waals surface area contributed by atoms with Crippen LogP contribution < -0.4 is 0 Å². The molecule has 2 heterocycles. The molecule has 25 heavy (non-hydrogen) atoms. The minimum absolute atomic E-state index is 0.0685. The van der Waals surface area contributed by atoms with Crippen LogP contribution in [0.25, 0.3) is 16.3 Å². The van der Waals surface area contributed by atoms with Crippen LogP contribution in [0.15, 0.2) is 60.9 Å². The smallest absolute Gasteiger partial charge is 0.196 e. The molecule has 0 bridgehead atoms. The topological polar surface area (TPSA) is 38.5 Å². The van der Waals surface area contributed by atoms with E-state index in [2.05, 4.69) is 19.1 Å². The van der Waals surface area contributed by atoms with Gasteiger partial charge in [-0.1, -0.05) is 49.4 Å². The Hall–Kier alpha value is -3.20. The molecule has 1 aliphatic carbocycles. The number of aryl methyl sites for hydroxylation is 1. The van der Waals surface area contributed by atoms with Gasteiger partial charge in [0.1, 0.15) is 0 Å². The predicted molar refractivity (Wildman–Crippen MR) is 97.6 cm³/mol. The number of carbonyl (C=O) groups excluding carboxylic acids is 2. The zero-order chi connectivity index (χ0) is 17.1. The number of ketones is 2. The fraction of sp³-hybridized carbons (Fsp3) is 0.0909. The Balaban J connectivity index is 1.89. The van der Waals surface area contributed by atoms with Crippen molar-refractivity contribution in [2.45, 2.75) is 13.3 Å². The van der Waals surface area contributed by atoms with Crippen LogP contribution in [0, 0.1) is 0 Å². The number of hydrogen-bond donors (Lipinski definition) is 0. The predicted octanol–water partition coefficient (Wildman–Crippen LogP) is 4.43. The molecule has 0 atom stereocenters. The number of pyridine rings is 1. The zero-order valence-electron chi connectivity index (χ0n) is 13.7. The summed E-state index contributed by atoms with van der Waals surface area (Å²) in [6.45, 7) is 2.12. The molecule has 0 spiro atoms. The van der Waals surface area contributed by atoms with Crippen LogP contribution in [0.4, 0.5) is 0 Å². The first kappa shape index (κ1) is 14.2. The molecule has 1 aliphatic rings. The van der Waals surface area contributed by atoms with Crippen LogP contribution in [-0.2, 0) is 6.42 Å². The van der Waals surface area contributed by atoms with E-state index in [0.29, 0.717) is 22.3 Å². The Morgan fingerprint density at radius 2 is 1.60 bits per heavy atom. The van der Waals surface area contributed by atoms with Gasteiger partial charge in [-0.3, -0.25) is 9.59 Å². The number of fused-ring (bicyclic) bond motifs is 5. The molecule has 4 aromatic rings. The normalized spacial score (nSPS) is 13.3. The van der Waals surface area contributed by atoms with Crippen molar-refractivity contribution >= 4 is 27.9 Å². The van der Waals surface area contributed by atoms with Gasteiger partial charge >= 0.3 is 0 Å². The molecule has 0 saturated heterocycles. The molecule has 0 aliphatic heterocycles. The number of benzene rings is 2. The summed E-state index contributed by atoms with van der Waals surface area (Å²) in [5.74, 6) is -0.144. The molecule has 2 aromatic carbocycles.